The molecule has 6 atom stereocenters. The molecule has 188 valence electrons. The topological polar surface area (TPSA) is 74.8 Å². The van der Waals surface area contributed by atoms with Gasteiger partial charge in [-0.1, -0.05) is 67.2 Å². The van der Waals surface area contributed by atoms with Crippen LogP contribution in [0.3, 0.4) is 0 Å². The maximum absolute atomic E-state index is 13.7. The van der Waals surface area contributed by atoms with E-state index >= 15 is 0 Å². The molecule has 36 heavy (non-hydrogen) atoms. The van der Waals surface area contributed by atoms with E-state index in [9.17, 15) is 19.2 Å². The van der Waals surface area contributed by atoms with E-state index in [-0.39, 0.29) is 42.9 Å². The number of ketones is 1. The zero-order chi connectivity index (χ0) is 26.0. The number of hydrazine groups is 1. The fraction of sp³-hybridized carbons (Fsp3) is 0.385. The lowest BCUT2D eigenvalue weighted by Crippen LogP contribution is -2.52. The van der Waals surface area contributed by atoms with E-state index in [1.165, 1.54) is 18.2 Å². The van der Waals surface area contributed by atoms with E-state index in [2.05, 4.69) is 31.9 Å². The molecule has 0 spiro atoms. The monoisotopic (exact) mass is 654 g/mol. The minimum atomic E-state index is -0.675. The van der Waals surface area contributed by atoms with Crippen molar-refractivity contribution in [2.24, 2.45) is 23.7 Å². The summed E-state index contributed by atoms with van der Waals surface area (Å²) in [6.07, 6.45) is 0.759. The molecule has 1 saturated heterocycles. The summed E-state index contributed by atoms with van der Waals surface area (Å²) in [5.74, 6) is -3.05. The van der Waals surface area contributed by atoms with Crippen LogP contribution in [0.25, 0.3) is 0 Å². The highest BCUT2D eigenvalue weighted by atomic mass is 79.9. The maximum Gasteiger partial charge on any atom is 0.273 e. The minimum absolute atomic E-state index is 0.0248. The molecule has 0 radical (unpaired) electrons. The Morgan fingerprint density at radius 2 is 1.47 bits per heavy atom. The van der Waals surface area contributed by atoms with Crippen molar-refractivity contribution in [3.8, 4) is 0 Å². The number of hydrogen-bond acceptors (Lipinski definition) is 4. The van der Waals surface area contributed by atoms with Gasteiger partial charge in [0, 0.05) is 20.8 Å². The molecule has 2 aromatic rings. The fourth-order valence-electron chi connectivity index (χ4n) is 5.72. The van der Waals surface area contributed by atoms with Crippen molar-refractivity contribution in [3.05, 3.63) is 68.7 Å². The average Bonchev–Trinajstić information content (AvgIpc) is 3.45. The number of alkyl halides is 2. The molecule has 3 aliphatic rings. The normalized spacial score (nSPS) is 28.6. The molecule has 1 heterocycles. The predicted molar refractivity (Wildman–Crippen MR) is 144 cm³/mol. The van der Waals surface area contributed by atoms with Crippen molar-refractivity contribution in [1.82, 2.24) is 10.0 Å². The molecule has 0 aromatic heterocycles. The van der Waals surface area contributed by atoms with Gasteiger partial charge in [-0.05, 0) is 67.5 Å². The van der Waals surface area contributed by atoms with Gasteiger partial charge in [-0.25, -0.2) is 5.01 Å². The highest BCUT2D eigenvalue weighted by Gasteiger charge is 2.67. The van der Waals surface area contributed by atoms with Gasteiger partial charge in [-0.15, -0.1) is 0 Å². The quantitative estimate of drug-likeness (QED) is 0.238. The van der Waals surface area contributed by atoms with Crippen molar-refractivity contribution in [2.45, 2.75) is 29.9 Å². The highest BCUT2D eigenvalue weighted by Crippen LogP contribution is 2.60. The standard InChI is InChI=1S/C26H22Br2Cl2N2O4/c1-11-3-4-13(7-12(11)2)19(33)10-31(24(34)14-5-6-17(29)18(30)8-14)32-25(35)20-15-9-16(21(20)26(32)36)23(28)22(15)27/h3-8,15-16,20-23H,9-10H2,1-2H3/t15-,16-,20-,21+,22-,23+/m1/s1. The van der Waals surface area contributed by atoms with Crippen LogP contribution in [0.15, 0.2) is 36.4 Å². The molecule has 2 aliphatic carbocycles. The Hall–Kier alpha value is -1.74. The molecule has 3 fully saturated rings. The van der Waals surface area contributed by atoms with Crippen LogP contribution >= 0.6 is 55.1 Å². The first-order valence-corrected chi connectivity index (χ1v) is 14.1. The van der Waals surface area contributed by atoms with Crippen LogP contribution in [0.2, 0.25) is 10.0 Å². The second-order valence-electron chi connectivity index (χ2n) is 9.71. The van der Waals surface area contributed by atoms with Crippen LogP contribution in [-0.2, 0) is 9.59 Å². The van der Waals surface area contributed by atoms with Gasteiger partial charge in [0.2, 0.25) is 0 Å². The molecule has 3 amide bonds. The Morgan fingerprint density at radius 3 is 2.03 bits per heavy atom. The van der Waals surface area contributed by atoms with Crippen molar-refractivity contribution < 1.29 is 19.2 Å². The van der Waals surface area contributed by atoms with Crippen LogP contribution in [0.1, 0.15) is 38.3 Å². The zero-order valence-electron chi connectivity index (χ0n) is 19.4. The lowest BCUT2D eigenvalue weighted by Gasteiger charge is -2.31. The van der Waals surface area contributed by atoms with Crippen molar-refractivity contribution in [2.75, 3.05) is 6.54 Å². The number of fused-ring (bicyclic) bond motifs is 5. The summed E-state index contributed by atoms with van der Waals surface area (Å²) in [5.41, 5.74) is 2.46. The Labute approximate surface area is 235 Å². The number of imide groups is 1. The lowest BCUT2D eigenvalue weighted by molar-refractivity contribution is -0.154. The van der Waals surface area contributed by atoms with Gasteiger partial charge >= 0.3 is 0 Å². The molecule has 0 N–H and O–H groups in total. The number of hydrogen-bond donors (Lipinski definition) is 0. The van der Waals surface area contributed by atoms with E-state index in [1.54, 1.807) is 12.1 Å². The third-order valence-corrected chi connectivity index (χ3v) is 11.7. The van der Waals surface area contributed by atoms with Gasteiger partial charge < -0.3 is 0 Å². The summed E-state index contributed by atoms with van der Waals surface area (Å²) in [7, 11) is 0. The van der Waals surface area contributed by atoms with Crippen LogP contribution in [0.5, 0.6) is 0 Å². The van der Waals surface area contributed by atoms with Gasteiger partial charge in [0.1, 0.15) is 6.54 Å². The summed E-state index contributed by atoms with van der Waals surface area (Å²) < 4.78 is 0. The Morgan fingerprint density at radius 1 is 0.889 bits per heavy atom. The SMILES string of the molecule is Cc1ccc(C(=O)CN(C(=O)c2ccc(Cl)c(Cl)c2)N2C(=O)[C@@H]3[C@H]4C[C@@H]([C@H](Br)[C@@H]4Br)[C@@H]3C2=O)cc1C. The number of halogens is 4. The largest absolute Gasteiger partial charge is 0.292 e. The average molecular weight is 657 g/mol. The molecule has 1 aliphatic heterocycles. The van der Waals surface area contributed by atoms with Gasteiger partial charge in [-0.3, -0.25) is 19.2 Å². The summed E-state index contributed by atoms with van der Waals surface area (Å²) in [4.78, 5) is 54.5. The molecule has 6 nitrogen and oxygen atoms in total. The van der Waals surface area contributed by atoms with E-state index in [4.69, 9.17) is 23.2 Å². The van der Waals surface area contributed by atoms with E-state index in [0.29, 0.717) is 5.56 Å². The molecular formula is C26H22Br2Cl2N2O4. The summed E-state index contributed by atoms with van der Waals surface area (Å²) in [6, 6.07) is 9.55. The fourth-order valence-corrected chi connectivity index (χ4v) is 7.90. The smallest absolute Gasteiger partial charge is 0.273 e. The van der Waals surface area contributed by atoms with Gasteiger partial charge in [0.15, 0.2) is 5.78 Å². The van der Waals surface area contributed by atoms with Crippen molar-refractivity contribution in [3.63, 3.8) is 0 Å². The van der Waals surface area contributed by atoms with Crippen molar-refractivity contribution in [1.29, 1.82) is 0 Å². The number of amides is 3. The zero-order valence-corrected chi connectivity index (χ0v) is 24.1. The maximum atomic E-state index is 13.7. The Kier molecular flexibility index (Phi) is 6.86. The third-order valence-electron chi connectivity index (χ3n) is 7.73. The Bertz CT molecular complexity index is 1290. The number of Topliss-reactive ketones (excluding diaryl/α,β-unsaturated/α-hetero) is 1. The minimum Gasteiger partial charge on any atom is -0.292 e. The van der Waals surface area contributed by atoms with Crippen LogP contribution in [0, 0.1) is 37.5 Å². The van der Waals surface area contributed by atoms with Gasteiger partial charge in [0.05, 0.1) is 21.9 Å². The Balaban J connectivity index is 1.52. The second-order valence-corrected chi connectivity index (χ2v) is 12.6. The molecule has 2 saturated carbocycles. The van der Waals surface area contributed by atoms with Crippen LogP contribution in [-0.4, -0.2) is 49.7 Å². The summed E-state index contributed by atoms with van der Waals surface area (Å²) >= 11 is 19.5. The molecule has 5 rings (SSSR count). The third kappa shape index (κ3) is 4.05. The molecular weight excluding hydrogens is 635 g/mol. The number of aryl methyl sites for hydroxylation is 2. The molecule has 2 aromatic carbocycles. The first kappa shape index (κ1) is 25.9. The summed E-state index contributed by atoms with van der Waals surface area (Å²) in [5, 5.41) is 2.30. The van der Waals surface area contributed by atoms with E-state index in [0.717, 1.165) is 27.6 Å². The first-order valence-electron chi connectivity index (χ1n) is 11.5. The molecule has 10 heteroatoms. The summed E-state index contributed by atoms with van der Waals surface area (Å²) in [6.45, 7) is 3.36. The highest BCUT2D eigenvalue weighted by molar-refractivity contribution is 9.12. The lowest BCUT2D eigenvalue weighted by atomic mass is 9.81. The van der Waals surface area contributed by atoms with Gasteiger partial charge in [-0.2, -0.15) is 5.01 Å². The predicted octanol–water partition coefficient (Wildman–Crippen LogP) is 5.63. The molecule has 2 bridgehead atoms. The number of benzene rings is 2. The number of rotatable bonds is 5. The second kappa shape index (κ2) is 9.53. The number of carbonyl (C=O) groups excluding carboxylic acids is 4. The van der Waals surface area contributed by atoms with E-state index < -0.39 is 36.1 Å². The number of carbonyl (C=O) groups is 4. The van der Waals surface area contributed by atoms with Crippen molar-refractivity contribution >= 4 is 78.6 Å². The van der Waals surface area contributed by atoms with E-state index in [1.807, 2.05) is 19.9 Å². The van der Waals surface area contributed by atoms with Gasteiger partial charge in [0.25, 0.3) is 17.7 Å². The first-order chi connectivity index (χ1) is 17.0. The van der Waals surface area contributed by atoms with Crippen LogP contribution in [0.4, 0.5) is 0 Å². The van der Waals surface area contributed by atoms with Crippen LogP contribution < -0.4 is 0 Å². The molecule has 0 unspecified atom stereocenters. The number of nitrogens with zero attached hydrogens (tertiary/aromatic N) is 2.